The minimum atomic E-state index is -0.918. The molecule has 0 radical (unpaired) electrons. The van der Waals surface area contributed by atoms with Crippen molar-refractivity contribution >= 4 is 17.7 Å². The Labute approximate surface area is 169 Å². The smallest absolute Gasteiger partial charge is 0.306 e. The number of ketones is 1. The Bertz CT molecular complexity index is 459. The molecule has 160 valence electrons. The molecule has 28 heavy (non-hydrogen) atoms. The summed E-state index contributed by atoms with van der Waals surface area (Å²) in [7, 11) is 0. The maximum absolute atomic E-state index is 12.4. The number of Topliss-reactive ketones (excluding diaryl/α,β-unsaturated/α-hetero) is 1. The zero-order chi connectivity index (χ0) is 20.4. The van der Waals surface area contributed by atoms with Gasteiger partial charge in [0.1, 0.15) is 5.78 Å². The average molecular weight is 395 g/mol. The lowest BCUT2D eigenvalue weighted by Crippen LogP contribution is -2.24. The first-order chi connectivity index (χ1) is 13.5. The van der Waals surface area contributed by atoms with Crippen LogP contribution >= 0.6 is 0 Å². The number of carboxylic acid groups (broad SMARTS) is 2. The molecule has 2 N–H and O–H groups in total. The highest BCUT2D eigenvalue weighted by Crippen LogP contribution is 2.31. The highest BCUT2D eigenvalue weighted by molar-refractivity contribution is 5.87. The number of carboxylic acids is 2. The van der Waals surface area contributed by atoms with Crippen LogP contribution in [0.3, 0.4) is 0 Å². The lowest BCUT2D eigenvalue weighted by Gasteiger charge is -2.23. The van der Waals surface area contributed by atoms with Crippen LogP contribution in [0.5, 0.6) is 0 Å². The topological polar surface area (TPSA) is 91.7 Å². The molecule has 0 amide bonds. The highest BCUT2D eigenvalue weighted by Gasteiger charge is 2.27. The Morgan fingerprint density at radius 3 is 1.32 bits per heavy atom. The average Bonchev–Trinajstić information content (AvgIpc) is 2.69. The zero-order valence-corrected chi connectivity index (χ0v) is 17.2. The van der Waals surface area contributed by atoms with Crippen LogP contribution in [0.4, 0.5) is 0 Å². The molecule has 5 heteroatoms. The minimum Gasteiger partial charge on any atom is -0.481 e. The summed E-state index contributed by atoms with van der Waals surface area (Å²) in [6.07, 6.45) is 14.9. The van der Waals surface area contributed by atoms with Gasteiger partial charge in [-0.2, -0.15) is 0 Å². The van der Waals surface area contributed by atoms with E-state index >= 15 is 0 Å². The lowest BCUT2D eigenvalue weighted by atomic mass is 9.81. The third-order valence-corrected chi connectivity index (χ3v) is 6.94. The van der Waals surface area contributed by atoms with Gasteiger partial charge in [0, 0.05) is 12.8 Å². The van der Waals surface area contributed by atoms with Gasteiger partial charge in [-0.25, -0.2) is 0 Å². The molecule has 0 aromatic carbocycles. The van der Waals surface area contributed by atoms with E-state index in [0.29, 0.717) is 24.7 Å². The molecule has 2 fully saturated rings. The normalized spacial score (nSPS) is 21.1. The van der Waals surface area contributed by atoms with Crippen molar-refractivity contribution in [3.8, 4) is 0 Å². The Balaban J connectivity index is 1.77. The molecule has 2 atom stereocenters. The highest BCUT2D eigenvalue weighted by atomic mass is 16.4. The standard InChI is InChI=1S/C23H38O5/c24-21(15-19(22(25)26)13-11-17-7-3-1-4-8-17)16-20(23(27)28)14-12-18-9-5-2-6-10-18/h17-20H,1-16H2,(H,25,26)(H,27,28). The van der Waals surface area contributed by atoms with Gasteiger partial charge in [-0.05, 0) is 37.5 Å². The van der Waals surface area contributed by atoms with Gasteiger partial charge in [-0.1, -0.05) is 64.2 Å². The molecule has 0 saturated heterocycles. The molecule has 2 unspecified atom stereocenters. The molecular formula is C23H38O5. The van der Waals surface area contributed by atoms with Crippen LogP contribution in [0, 0.1) is 23.7 Å². The molecule has 0 aromatic rings. The first kappa shape index (κ1) is 22.9. The van der Waals surface area contributed by atoms with Crippen LogP contribution in [0.15, 0.2) is 0 Å². The summed E-state index contributed by atoms with van der Waals surface area (Å²) in [5.74, 6) is -2.19. The van der Waals surface area contributed by atoms with Gasteiger partial charge >= 0.3 is 11.9 Å². The zero-order valence-electron chi connectivity index (χ0n) is 17.2. The summed E-state index contributed by atoms with van der Waals surface area (Å²) in [4.78, 5) is 35.6. The van der Waals surface area contributed by atoms with Crippen LogP contribution in [0.25, 0.3) is 0 Å². The van der Waals surface area contributed by atoms with Crippen LogP contribution in [0.1, 0.15) is 103 Å². The maximum Gasteiger partial charge on any atom is 0.306 e. The summed E-state index contributed by atoms with van der Waals surface area (Å²) in [5, 5.41) is 19.0. The summed E-state index contributed by atoms with van der Waals surface area (Å²) in [6, 6.07) is 0. The van der Waals surface area contributed by atoms with E-state index in [0.717, 1.165) is 12.8 Å². The SMILES string of the molecule is O=C(CC(CCC1CCCCC1)C(=O)O)CC(CCC1CCCCC1)C(=O)O. The quantitative estimate of drug-likeness (QED) is 0.459. The van der Waals surface area contributed by atoms with Gasteiger partial charge in [0.15, 0.2) is 0 Å². The Hall–Kier alpha value is -1.39. The van der Waals surface area contributed by atoms with Crippen molar-refractivity contribution in [2.75, 3.05) is 0 Å². The van der Waals surface area contributed by atoms with E-state index in [4.69, 9.17) is 0 Å². The summed E-state index contributed by atoms with van der Waals surface area (Å²) in [5.41, 5.74) is 0. The third-order valence-electron chi connectivity index (χ3n) is 6.94. The number of rotatable bonds is 12. The number of carbonyl (C=O) groups excluding carboxylic acids is 1. The van der Waals surface area contributed by atoms with E-state index in [-0.39, 0.29) is 18.6 Å². The fourth-order valence-electron chi connectivity index (χ4n) is 5.08. The fourth-order valence-corrected chi connectivity index (χ4v) is 5.08. The number of hydrogen-bond acceptors (Lipinski definition) is 3. The van der Waals surface area contributed by atoms with E-state index in [1.807, 2.05) is 0 Å². The van der Waals surface area contributed by atoms with Crippen molar-refractivity contribution in [2.24, 2.45) is 23.7 Å². The Morgan fingerprint density at radius 2 is 1.00 bits per heavy atom. The minimum absolute atomic E-state index is 0.0186. The molecule has 0 aromatic heterocycles. The van der Waals surface area contributed by atoms with Gasteiger partial charge in [0.05, 0.1) is 11.8 Å². The Morgan fingerprint density at radius 1 is 0.643 bits per heavy atom. The monoisotopic (exact) mass is 394 g/mol. The van der Waals surface area contributed by atoms with Crippen molar-refractivity contribution in [1.82, 2.24) is 0 Å². The summed E-state index contributed by atoms with van der Waals surface area (Å²) >= 11 is 0. The lowest BCUT2D eigenvalue weighted by molar-refractivity contribution is -0.145. The van der Waals surface area contributed by atoms with Crippen LogP contribution in [-0.2, 0) is 14.4 Å². The molecule has 2 rings (SSSR count). The molecule has 2 aliphatic carbocycles. The summed E-state index contributed by atoms with van der Waals surface area (Å²) < 4.78 is 0. The largest absolute Gasteiger partial charge is 0.481 e. The van der Waals surface area contributed by atoms with E-state index in [1.165, 1.54) is 64.2 Å². The van der Waals surface area contributed by atoms with Crippen molar-refractivity contribution in [1.29, 1.82) is 0 Å². The molecule has 0 bridgehead atoms. The second-order valence-corrected chi connectivity index (χ2v) is 9.18. The molecule has 2 aliphatic rings. The van der Waals surface area contributed by atoms with Crippen LogP contribution in [0.2, 0.25) is 0 Å². The van der Waals surface area contributed by atoms with Gasteiger partial charge in [0.2, 0.25) is 0 Å². The molecule has 0 aliphatic heterocycles. The number of hydrogen-bond donors (Lipinski definition) is 2. The van der Waals surface area contributed by atoms with Crippen LogP contribution < -0.4 is 0 Å². The number of aliphatic carboxylic acids is 2. The molecule has 0 heterocycles. The van der Waals surface area contributed by atoms with Gasteiger partial charge in [0.25, 0.3) is 0 Å². The van der Waals surface area contributed by atoms with Crippen molar-refractivity contribution in [2.45, 2.75) is 103 Å². The third kappa shape index (κ3) is 8.32. The van der Waals surface area contributed by atoms with Crippen molar-refractivity contribution < 1.29 is 24.6 Å². The second-order valence-electron chi connectivity index (χ2n) is 9.18. The predicted octanol–water partition coefficient (Wildman–Crippen LogP) is 5.46. The number of carbonyl (C=O) groups is 3. The van der Waals surface area contributed by atoms with E-state index in [2.05, 4.69) is 0 Å². The van der Waals surface area contributed by atoms with E-state index in [9.17, 15) is 24.6 Å². The molecule has 0 spiro atoms. The Kier molecular flexibility index (Phi) is 10.0. The second kappa shape index (κ2) is 12.2. The van der Waals surface area contributed by atoms with Crippen molar-refractivity contribution in [3.63, 3.8) is 0 Å². The first-order valence-electron chi connectivity index (χ1n) is 11.4. The van der Waals surface area contributed by atoms with E-state index in [1.54, 1.807) is 0 Å². The summed E-state index contributed by atoms with van der Waals surface area (Å²) in [6.45, 7) is 0. The molecule has 5 nitrogen and oxygen atoms in total. The molecular weight excluding hydrogens is 356 g/mol. The van der Waals surface area contributed by atoms with Gasteiger partial charge < -0.3 is 10.2 Å². The van der Waals surface area contributed by atoms with Crippen molar-refractivity contribution in [3.05, 3.63) is 0 Å². The fraction of sp³-hybridized carbons (Fsp3) is 0.870. The van der Waals surface area contributed by atoms with E-state index < -0.39 is 23.8 Å². The van der Waals surface area contributed by atoms with Gasteiger partial charge in [-0.3, -0.25) is 14.4 Å². The maximum atomic E-state index is 12.4. The predicted molar refractivity (Wildman–Crippen MR) is 108 cm³/mol. The van der Waals surface area contributed by atoms with Gasteiger partial charge in [-0.15, -0.1) is 0 Å². The first-order valence-corrected chi connectivity index (χ1v) is 11.4. The molecule has 2 saturated carbocycles. The van der Waals surface area contributed by atoms with Crippen LogP contribution in [-0.4, -0.2) is 27.9 Å².